The Bertz CT molecular complexity index is 834. The average molecular weight is 340 g/mol. The molecule has 8 heteroatoms. The number of nitrogens with one attached hydrogen (secondary N) is 1. The molecule has 2 aromatic carbocycles. The Labute approximate surface area is 132 Å². The lowest BCUT2D eigenvalue weighted by molar-refractivity contribution is 0.102. The Hall–Kier alpha value is -2.32. The quantitative estimate of drug-likeness (QED) is 0.930. The van der Waals surface area contributed by atoms with E-state index in [1.165, 1.54) is 44.4 Å². The molecule has 0 saturated heterocycles. The smallest absolute Gasteiger partial charge is 0.255 e. The van der Waals surface area contributed by atoms with Gasteiger partial charge in [0.25, 0.3) is 5.91 Å². The van der Waals surface area contributed by atoms with Crippen LogP contribution in [-0.4, -0.2) is 32.7 Å². The van der Waals surface area contributed by atoms with Crippen molar-refractivity contribution < 1.29 is 22.0 Å². The molecule has 0 heterocycles. The minimum atomic E-state index is -3.58. The fraction of sp³-hybridized carbons (Fsp3) is 0.133. The largest absolute Gasteiger partial charge is 0.322 e. The number of rotatable bonds is 4. The van der Waals surface area contributed by atoms with Crippen LogP contribution >= 0.6 is 0 Å². The standard InChI is InChI=1S/C15H14F2N2O3S/c1-19(2)23(21,22)12-6-3-10(4-7-12)15(20)18-11-5-8-13(16)14(17)9-11/h3-9H,1-2H3,(H,18,20). The van der Waals surface area contributed by atoms with Crippen molar-refractivity contribution >= 4 is 21.6 Å². The van der Waals surface area contributed by atoms with Gasteiger partial charge in [0.15, 0.2) is 11.6 Å². The number of halogens is 2. The van der Waals surface area contributed by atoms with Crippen LogP contribution in [0.2, 0.25) is 0 Å². The molecule has 2 aromatic rings. The van der Waals surface area contributed by atoms with Gasteiger partial charge in [-0.2, -0.15) is 0 Å². The first-order valence-corrected chi connectivity index (χ1v) is 7.95. The van der Waals surface area contributed by atoms with Crippen molar-refractivity contribution in [1.82, 2.24) is 4.31 Å². The fourth-order valence-electron chi connectivity index (χ4n) is 1.77. The summed E-state index contributed by atoms with van der Waals surface area (Å²) >= 11 is 0. The van der Waals surface area contributed by atoms with Crippen LogP contribution in [0.5, 0.6) is 0 Å². The summed E-state index contributed by atoms with van der Waals surface area (Å²) < 4.78 is 50.8. The minimum Gasteiger partial charge on any atom is -0.322 e. The van der Waals surface area contributed by atoms with Crippen molar-refractivity contribution in [2.75, 3.05) is 19.4 Å². The SMILES string of the molecule is CN(C)S(=O)(=O)c1ccc(C(=O)Nc2ccc(F)c(F)c2)cc1. The van der Waals surface area contributed by atoms with Crippen LogP contribution in [-0.2, 0) is 10.0 Å². The molecule has 0 unspecified atom stereocenters. The third-order valence-electron chi connectivity index (χ3n) is 3.07. The Morgan fingerprint density at radius 2 is 1.61 bits per heavy atom. The number of sulfonamides is 1. The molecule has 0 spiro atoms. The Morgan fingerprint density at radius 3 is 2.13 bits per heavy atom. The molecule has 0 saturated carbocycles. The molecule has 0 aromatic heterocycles. The van der Waals surface area contributed by atoms with Gasteiger partial charge in [-0.05, 0) is 36.4 Å². The third kappa shape index (κ3) is 3.72. The maximum atomic E-state index is 13.1. The lowest BCUT2D eigenvalue weighted by atomic mass is 10.2. The highest BCUT2D eigenvalue weighted by Gasteiger charge is 2.17. The van der Waals surface area contributed by atoms with Crippen LogP contribution in [0, 0.1) is 11.6 Å². The number of anilines is 1. The van der Waals surface area contributed by atoms with Gasteiger partial charge >= 0.3 is 0 Å². The van der Waals surface area contributed by atoms with E-state index in [-0.39, 0.29) is 16.1 Å². The van der Waals surface area contributed by atoms with Crippen LogP contribution in [0.15, 0.2) is 47.4 Å². The number of carbonyl (C=O) groups is 1. The topological polar surface area (TPSA) is 66.5 Å². The van der Waals surface area contributed by atoms with Gasteiger partial charge in [-0.1, -0.05) is 0 Å². The number of hydrogen-bond donors (Lipinski definition) is 1. The zero-order valence-corrected chi connectivity index (χ0v) is 13.2. The van der Waals surface area contributed by atoms with Crippen LogP contribution in [0.25, 0.3) is 0 Å². The van der Waals surface area contributed by atoms with Gasteiger partial charge in [-0.15, -0.1) is 0 Å². The highest BCUT2D eigenvalue weighted by atomic mass is 32.2. The van der Waals surface area contributed by atoms with Crippen molar-refractivity contribution in [2.24, 2.45) is 0 Å². The number of hydrogen-bond acceptors (Lipinski definition) is 3. The predicted octanol–water partition coefficient (Wildman–Crippen LogP) is 2.47. The molecule has 0 bridgehead atoms. The molecule has 0 fully saturated rings. The lowest BCUT2D eigenvalue weighted by Gasteiger charge is -2.11. The second kappa shape index (κ2) is 6.43. The Morgan fingerprint density at radius 1 is 1.00 bits per heavy atom. The van der Waals surface area contributed by atoms with Gasteiger partial charge in [0.05, 0.1) is 4.90 Å². The molecule has 1 amide bonds. The average Bonchev–Trinajstić information content (AvgIpc) is 2.51. The molecule has 0 radical (unpaired) electrons. The zero-order chi connectivity index (χ0) is 17.2. The number of benzene rings is 2. The summed E-state index contributed by atoms with van der Waals surface area (Å²) in [6.45, 7) is 0. The highest BCUT2D eigenvalue weighted by molar-refractivity contribution is 7.89. The van der Waals surface area contributed by atoms with Crippen molar-refractivity contribution in [3.63, 3.8) is 0 Å². The Balaban J connectivity index is 2.19. The van der Waals surface area contributed by atoms with Crippen LogP contribution in [0.3, 0.4) is 0 Å². The summed E-state index contributed by atoms with van der Waals surface area (Å²) in [4.78, 5) is 12.1. The first kappa shape index (κ1) is 17.0. The van der Waals surface area contributed by atoms with Crippen LogP contribution in [0.1, 0.15) is 10.4 Å². The molecular formula is C15H14F2N2O3S. The molecule has 23 heavy (non-hydrogen) atoms. The first-order chi connectivity index (χ1) is 10.7. The van der Waals surface area contributed by atoms with E-state index in [9.17, 15) is 22.0 Å². The van der Waals surface area contributed by atoms with Crippen LogP contribution in [0.4, 0.5) is 14.5 Å². The molecule has 0 aliphatic carbocycles. The summed E-state index contributed by atoms with van der Waals surface area (Å²) in [6, 6.07) is 8.26. The maximum absolute atomic E-state index is 13.1. The second-order valence-electron chi connectivity index (χ2n) is 4.89. The van der Waals surface area contributed by atoms with Gasteiger partial charge in [0, 0.05) is 31.4 Å². The van der Waals surface area contributed by atoms with Gasteiger partial charge in [0.1, 0.15) is 0 Å². The number of nitrogens with zero attached hydrogens (tertiary/aromatic N) is 1. The van der Waals surface area contributed by atoms with E-state index in [0.29, 0.717) is 0 Å². The van der Waals surface area contributed by atoms with Gasteiger partial charge in [-0.25, -0.2) is 21.5 Å². The van der Waals surface area contributed by atoms with E-state index in [4.69, 9.17) is 0 Å². The minimum absolute atomic E-state index is 0.0480. The van der Waals surface area contributed by atoms with E-state index in [0.717, 1.165) is 16.4 Å². The van der Waals surface area contributed by atoms with Crippen LogP contribution < -0.4 is 5.32 Å². The molecule has 0 aliphatic heterocycles. The van der Waals surface area contributed by atoms with E-state index in [2.05, 4.69) is 5.32 Å². The molecule has 0 aliphatic rings. The second-order valence-corrected chi connectivity index (χ2v) is 7.05. The summed E-state index contributed by atoms with van der Waals surface area (Å²) in [5.41, 5.74) is 0.284. The van der Waals surface area contributed by atoms with Gasteiger partial charge in [0.2, 0.25) is 10.0 Å². The summed E-state index contributed by atoms with van der Waals surface area (Å²) in [7, 11) is -0.775. The van der Waals surface area contributed by atoms with Gasteiger partial charge < -0.3 is 5.32 Å². The molecule has 0 atom stereocenters. The molecule has 5 nitrogen and oxygen atoms in total. The normalized spacial score (nSPS) is 11.5. The molecular weight excluding hydrogens is 326 g/mol. The summed E-state index contributed by atoms with van der Waals surface area (Å²) in [5.74, 6) is -2.65. The Kier molecular flexibility index (Phi) is 4.76. The highest BCUT2D eigenvalue weighted by Crippen LogP contribution is 2.17. The molecule has 1 N–H and O–H groups in total. The van der Waals surface area contributed by atoms with E-state index in [1.54, 1.807) is 0 Å². The monoisotopic (exact) mass is 340 g/mol. The predicted molar refractivity (Wildman–Crippen MR) is 81.6 cm³/mol. The summed E-state index contributed by atoms with van der Waals surface area (Å²) in [5, 5.41) is 2.40. The van der Waals surface area contributed by atoms with Crippen molar-refractivity contribution in [1.29, 1.82) is 0 Å². The fourth-order valence-corrected chi connectivity index (χ4v) is 2.67. The lowest BCUT2D eigenvalue weighted by Crippen LogP contribution is -2.22. The maximum Gasteiger partial charge on any atom is 0.255 e. The van der Waals surface area contributed by atoms with E-state index in [1.807, 2.05) is 0 Å². The zero-order valence-electron chi connectivity index (χ0n) is 12.4. The van der Waals surface area contributed by atoms with Crippen molar-refractivity contribution in [3.8, 4) is 0 Å². The number of amides is 1. The van der Waals surface area contributed by atoms with E-state index < -0.39 is 27.6 Å². The first-order valence-electron chi connectivity index (χ1n) is 6.51. The van der Waals surface area contributed by atoms with E-state index >= 15 is 0 Å². The molecule has 122 valence electrons. The molecule has 2 rings (SSSR count). The van der Waals surface area contributed by atoms with Crippen molar-refractivity contribution in [2.45, 2.75) is 4.90 Å². The van der Waals surface area contributed by atoms with Gasteiger partial charge in [-0.3, -0.25) is 4.79 Å². The number of carbonyl (C=O) groups excluding carboxylic acids is 1. The van der Waals surface area contributed by atoms with Crippen molar-refractivity contribution in [3.05, 3.63) is 59.7 Å². The summed E-state index contributed by atoms with van der Waals surface area (Å²) in [6.07, 6.45) is 0. The third-order valence-corrected chi connectivity index (χ3v) is 4.90.